The molecule has 0 radical (unpaired) electrons. The molecular formula is C14H15N5O2. The molecule has 1 aromatic heterocycles. The highest BCUT2D eigenvalue weighted by Crippen LogP contribution is 2.32. The molecule has 0 fully saturated rings. The summed E-state index contributed by atoms with van der Waals surface area (Å²) in [6, 6.07) is 10.8. The summed E-state index contributed by atoms with van der Waals surface area (Å²) in [6.07, 6.45) is 0. The third kappa shape index (κ3) is 3.75. The van der Waals surface area contributed by atoms with Crippen molar-refractivity contribution in [3.05, 3.63) is 36.4 Å². The molecule has 7 nitrogen and oxygen atoms in total. The smallest absolute Gasteiger partial charge is 0.222 e. The summed E-state index contributed by atoms with van der Waals surface area (Å²) in [5.74, 6) is 0.495. The van der Waals surface area contributed by atoms with Crippen molar-refractivity contribution in [2.45, 2.75) is 6.92 Å². The minimum absolute atomic E-state index is 0.167. The Labute approximate surface area is 121 Å². The maximum absolute atomic E-state index is 11.2. The molecule has 0 saturated heterocycles. The van der Waals surface area contributed by atoms with Crippen LogP contribution in [0.1, 0.15) is 6.92 Å². The number of benzene rings is 1. The number of aromatic nitrogens is 1. The van der Waals surface area contributed by atoms with Crippen molar-refractivity contribution < 1.29 is 9.53 Å². The van der Waals surface area contributed by atoms with Crippen molar-refractivity contribution in [3.8, 4) is 5.75 Å². The molecule has 7 heteroatoms. The maximum Gasteiger partial charge on any atom is 0.222 e. The fraction of sp³-hybridized carbons (Fsp3) is 0.143. The number of rotatable bonds is 4. The van der Waals surface area contributed by atoms with Crippen LogP contribution in [-0.2, 0) is 4.79 Å². The Bertz CT molecular complexity index is 671. The van der Waals surface area contributed by atoms with E-state index in [1.807, 2.05) is 30.3 Å². The molecule has 0 atom stereocenters. The van der Waals surface area contributed by atoms with E-state index in [9.17, 15) is 4.79 Å². The summed E-state index contributed by atoms with van der Waals surface area (Å²) in [6.45, 7) is 1.38. The van der Waals surface area contributed by atoms with Gasteiger partial charge in [0.2, 0.25) is 5.91 Å². The number of nitrogen functional groups attached to an aromatic ring is 1. The van der Waals surface area contributed by atoms with Crippen LogP contribution in [0.4, 0.5) is 23.0 Å². The van der Waals surface area contributed by atoms with Crippen LogP contribution in [0, 0.1) is 0 Å². The Balaban J connectivity index is 2.39. The number of nitrogens with one attached hydrogen (secondary N) is 1. The summed E-state index contributed by atoms with van der Waals surface area (Å²) < 4.78 is 5.10. The minimum Gasteiger partial charge on any atom is -0.493 e. The lowest BCUT2D eigenvalue weighted by Gasteiger charge is -2.09. The number of nitrogens with zero attached hydrogens (tertiary/aromatic N) is 3. The molecule has 0 aliphatic heterocycles. The van der Waals surface area contributed by atoms with Gasteiger partial charge in [0.05, 0.1) is 12.8 Å². The second-order valence-electron chi connectivity index (χ2n) is 4.16. The average Bonchev–Trinajstić information content (AvgIpc) is 2.47. The Morgan fingerprint density at radius 1 is 1.29 bits per heavy atom. The first-order valence-corrected chi connectivity index (χ1v) is 6.19. The summed E-state index contributed by atoms with van der Waals surface area (Å²) in [5, 5.41) is 10.7. The number of hydrogen-bond acceptors (Lipinski definition) is 6. The lowest BCUT2D eigenvalue weighted by molar-refractivity contribution is -0.114. The number of carbonyl (C=O) groups excluding carboxylic acids is 1. The minimum atomic E-state index is -0.275. The molecule has 3 N–H and O–H groups in total. The number of nitrogens with two attached hydrogens (primary N) is 1. The lowest BCUT2D eigenvalue weighted by Crippen LogP contribution is -2.09. The van der Waals surface area contributed by atoms with Gasteiger partial charge in [-0.15, -0.1) is 5.11 Å². The normalized spacial score (nSPS) is 10.6. The molecule has 1 amide bonds. The zero-order valence-electron chi connectivity index (χ0n) is 11.7. The average molecular weight is 285 g/mol. The Hall–Kier alpha value is -2.96. The lowest BCUT2D eigenvalue weighted by atomic mass is 10.3. The molecule has 108 valence electrons. The first-order valence-electron chi connectivity index (χ1n) is 6.19. The molecule has 0 aliphatic carbocycles. The molecule has 1 aromatic carbocycles. The van der Waals surface area contributed by atoms with Gasteiger partial charge in [-0.1, -0.05) is 18.2 Å². The fourth-order valence-corrected chi connectivity index (χ4v) is 1.60. The Morgan fingerprint density at radius 3 is 2.62 bits per heavy atom. The van der Waals surface area contributed by atoms with Crippen molar-refractivity contribution >= 4 is 28.9 Å². The predicted molar refractivity (Wildman–Crippen MR) is 80.1 cm³/mol. The van der Waals surface area contributed by atoms with E-state index in [1.54, 1.807) is 6.07 Å². The molecule has 1 heterocycles. The highest BCUT2D eigenvalue weighted by molar-refractivity contribution is 5.91. The molecular weight excluding hydrogens is 270 g/mol. The van der Waals surface area contributed by atoms with Crippen LogP contribution in [0.3, 0.4) is 0 Å². The fourth-order valence-electron chi connectivity index (χ4n) is 1.60. The van der Waals surface area contributed by atoms with Gasteiger partial charge in [-0.25, -0.2) is 4.98 Å². The van der Waals surface area contributed by atoms with E-state index in [-0.39, 0.29) is 17.5 Å². The van der Waals surface area contributed by atoms with Gasteiger partial charge in [-0.2, -0.15) is 5.11 Å². The van der Waals surface area contributed by atoms with Crippen molar-refractivity contribution in [3.63, 3.8) is 0 Å². The maximum atomic E-state index is 11.2. The third-order valence-corrected chi connectivity index (χ3v) is 2.54. The van der Waals surface area contributed by atoms with E-state index in [1.165, 1.54) is 14.0 Å². The summed E-state index contributed by atoms with van der Waals surface area (Å²) in [4.78, 5) is 15.3. The molecule has 2 rings (SSSR count). The number of methoxy groups -OCH3 is 1. The highest BCUT2D eigenvalue weighted by atomic mass is 16.5. The van der Waals surface area contributed by atoms with Crippen molar-refractivity contribution in [1.29, 1.82) is 0 Å². The quantitative estimate of drug-likeness (QED) is 0.843. The van der Waals surface area contributed by atoms with E-state index in [4.69, 9.17) is 10.5 Å². The number of pyridine rings is 1. The molecule has 0 saturated carbocycles. The van der Waals surface area contributed by atoms with Gasteiger partial charge in [0, 0.05) is 13.0 Å². The Morgan fingerprint density at radius 2 is 2.00 bits per heavy atom. The van der Waals surface area contributed by atoms with E-state index < -0.39 is 0 Å². The van der Waals surface area contributed by atoms with Gasteiger partial charge in [-0.05, 0) is 12.1 Å². The van der Waals surface area contributed by atoms with Crippen molar-refractivity contribution in [2.75, 3.05) is 18.2 Å². The van der Waals surface area contributed by atoms with Crippen LogP contribution in [0.5, 0.6) is 5.75 Å². The summed E-state index contributed by atoms with van der Waals surface area (Å²) in [5.41, 5.74) is 6.77. The number of ether oxygens (including phenoxy) is 1. The molecule has 0 spiro atoms. The van der Waals surface area contributed by atoms with Crippen LogP contribution >= 0.6 is 0 Å². The van der Waals surface area contributed by atoms with Gasteiger partial charge in [-0.3, -0.25) is 4.79 Å². The third-order valence-electron chi connectivity index (χ3n) is 2.54. The van der Waals surface area contributed by atoms with Crippen LogP contribution in [0.25, 0.3) is 0 Å². The Kier molecular flexibility index (Phi) is 4.45. The number of amides is 1. The van der Waals surface area contributed by atoms with Gasteiger partial charge in [0.1, 0.15) is 5.69 Å². The monoisotopic (exact) mass is 285 g/mol. The molecule has 0 bridgehead atoms. The summed E-state index contributed by atoms with van der Waals surface area (Å²) >= 11 is 0. The van der Waals surface area contributed by atoms with Crippen LogP contribution < -0.4 is 15.8 Å². The van der Waals surface area contributed by atoms with E-state index >= 15 is 0 Å². The topological polar surface area (TPSA) is 102 Å². The second kappa shape index (κ2) is 6.47. The van der Waals surface area contributed by atoms with E-state index in [0.29, 0.717) is 17.1 Å². The van der Waals surface area contributed by atoms with Gasteiger partial charge >= 0.3 is 0 Å². The molecule has 0 aliphatic rings. The zero-order valence-corrected chi connectivity index (χ0v) is 11.7. The largest absolute Gasteiger partial charge is 0.493 e. The second-order valence-corrected chi connectivity index (χ2v) is 4.16. The first kappa shape index (κ1) is 14.4. The highest BCUT2D eigenvalue weighted by Gasteiger charge is 2.11. The number of carbonyl (C=O) groups is 1. The first-order chi connectivity index (χ1) is 10.1. The van der Waals surface area contributed by atoms with E-state index in [2.05, 4.69) is 20.5 Å². The van der Waals surface area contributed by atoms with Gasteiger partial charge in [0.25, 0.3) is 0 Å². The number of azo groups is 1. The van der Waals surface area contributed by atoms with E-state index in [0.717, 1.165) is 0 Å². The van der Waals surface area contributed by atoms with Gasteiger partial charge < -0.3 is 15.8 Å². The molecule has 2 aromatic rings. The van der Waals surface area contributed by atoms with Crippen LogP contribution in [0.2, 0.25) is 0 Å². The number of anilines is 2. The van der Waals surface area contributed by atoms with Gasteiger partial charge in [0.15, 0.2) is 17.4 Å². The standard InChI is InChI=1S/C14H15N5O2/c1-9(20)16-14-11(8-12(21-2)13(15)17-14)19-18-10-6-4-3-5-7-10/h3-8H,1-2H3,(H3,15,16,17,20). The predicted octanol–water partition coefficient (Wildman–Crippen LogP) is 3.05. The van der Waals surface area contributed by atoms with Crippen LogP contribution in [-0.4, -0.2) is 18.0 Å². The number of hydrogen-bond donors (Lipinski definition) is 2. The molecule has 0 unspecified atom stereocenters. The van der Waals surface area contributed by atoms with Crippen LogP contribution in [0.15, 0.2) is 46.6 Å². The SMILES string of the molecule is COc1cc(N=Nc2ccccc2)c(NC(C)=O)nc1N. The summed E-state index contributed by atoms with van der Waals surface area (Å²) in [7, 11) is 1.48. The van der Waals surface area contributed by atoms with Crippen molar-refractivity contribution in [1.82, 2.24) is 4.98 Å². The van der Waals surface area contributed by atoms with Crippen molar-refractivity contribution in [2.24, 2.45) is 10.2 Å². The molecule has 21 heavy (non-hydrogen) atoms. The zero-order chi connectivity index (χ0) is 15.2.